The lowest BCUT2D eigenvalue weighted by molar-refractivity contribution is -0.385. The summed E-state index contributed by atoms with van der Waals surface area (Å²) in [4.78, 5) is 40.8. The van der Waals surface area contributed by atoms with Gasteiger partial charge in [-0.2, -0.15) is 9.78 Å². The topological polar surface area (TPSA) is 139 Å². The maximum atomic E-state index is 13.4. The number of ether oxygens (including phenoxy) is 2. The minimum atomic E-state index is -0.661. The average molecular weight is 591 g/mol. The number of hydrogen-bond acceptors (Lipinski definition) is 9. The number of carbonyl (C=O) groups excluding carboxylic acids is 1. The number of rotatable bonds is 8. The van der Waals surface area contributed by atoms with Gasteiger partial charge in [0.2, 0.25) is 11.6 Å². The highest BCUT2D eigenvalue weighted by molar-refractivity contribution is 9.10. The van der Waals surface area contributed by atoms with Crippen LogP contribution in [0.25, 0.3) is 33.5 Å². The second kappa shape index (κ2) is 10.9. The van der Waals surface area contributed by atoms with E-state index in [9.17, 15) is 19.7 Å². The predicted molar refractivity (Wildman–Crippen MR) is 147 cm³/mol. The van der Waals surface area contributed by atoms with Gasteiger partial charge in [0.25, 0.3) is 5.56 Å². The highest BCUT2D eigenvalue weighted by Gasteiger charge is 2.22. The Morgan fingerprint density at radius 3 is 2.72 bits per heavy atom. The smallest absolute Gasteiger partial charge is 0.344 e. The number of furan rings is 1. The zero-order chi connectivity index (χ0) is 27.5. The molecule has 0 aliphatic rings. The molecule has 2 aromatic heterocycles. The van der Waals surface area contributed by atoms with Crippen molar-refractivity contribution >= 4 is 55.7 Å². The predicted octanol–water partition coefficient (Wildman–Crippen LogP) is 5.30. The number of carbonyl (C=O) groups is 1. The number of nitro groups is 1. The van der Waals surface area contributed by atoms with Gasteiger partial charge in [0.05, 0.1) is 33.1 Å². The van der Waals surface area contributed by atoms with Gasteiger partial charge in [0.1, 0.15) is 5.58 Å². The van der Waals surface area contributed by atoms with Crippen LogP contribution in [-0.2, 0) is 9.53 Å². The molecule has 0 spiro atoms. The lowest BCUT2D eigenvalue weighted by Crippen LogP contribution is -2.20. The van der Waals surface area contributed by atoms with Crippen molar-refractivity contribution in [1.29, 1.82) is 0 Å². The molecule has 0 amide bonds. The van der Waals surface area contributed by atoms with Gasteiger partial charge in [0.15, 0.2) is 12.4 Å². The van der Waals surface area contributed by atoms with Crippen molar-refractivity contribution in [2.45, 2.75) is 6.92 Å². The van der Waals surface area contributed by atoms with E-state index in [1.807, 2.05) is 18.2 Å². The molecule has 11 nitrogen and oxygen atoms in total. The lowest BCUT2D eigenvalue weighted by atomic mass is 10.2. The van der Waals surface area contributed by atoms with E-state index in [2.05, 4.69) is 26.0 Å². The molecule has 196 valence electrons. The summed E-state index contributed by atoms with van der Waals surface area (Å²) in [5, 5.41) is 17.3. The van der Waals surface area contributed by atoms with E-state index in [0.717, 1.165) is 10.1 Å². The summed E-state index contributed by atoms with van der Waals surface area (Å²) < 4.78 is 17.4. The Bertz CT molecular complexity index is 1790. The molecule has 0 saturated heterocycles. The van der Waals surface area contributed by atoms with Crippen LogP contribution in [0.4, 0.5) is 5.69 Å². The van der Waals surface area contributed by atoms with E-state index in [-0.39, 0.29) is 28.2 Å². The number of nitro benzene ring substituents is 1. The van der Waals surface area contributed by atoms with Gasteiger partial charge in [-0.05, 0) is 53.2 Å². The molecule has 0 aliphatic carbocycles. The molecule has 3 aromatic carbocycles. The van der Waals surface area contributed by atoms with Crippen molar-refractivity contribution in [1.82, 2.24) is 9.66 Å². The van der Waals surface area contributed by atoms with Crippen molar-refractivity contribution in [3.05, 3.63) is 97.2 Å². The van der Waals surface area contributed by atoms with E-state index >= 15 is 0 Å². The molecule has 0 N–H and O–H groups in total. The first kappa shape index (κ1) is 25.8. The normalized spacial score (nSPS) is 11.3. The van der Waals surface area contributed by atoms with Crippen molar-refractivity contribution in [3.8, 4) is 17.3 Å². The van der Waals surface area contributed by atoms with Gasteiger partial charge >= 0.3 is 11.7 Å². The summed E-state index contributed by atoms with van der Waals surface area (Å²) in [6.45, 7) is 1.29. The first-order chi connectivity index (χ1) is 18.9. The fraction of sp³-hybridized carbons (Fsp3) is 0.111. The summed E-state index contributed by atoms with van der Waals surface area (Å²) in [6.07, 6.45) is 1.29. The van der Waals surface area contributed by atoms with Crippen LogP contribution in [0.3, 0.4) is 0 Å². The Morgan fingerprint density at radius 1 is 1.18 bits per heavy atom. The molecular weight excluding hydrogens is 572 g/mol. The molecule has 0 bridgehead atoms. The van der Waals surface area contributed by atoms with Gasteiger partial charge in [-0.1, -0.05) is 30.3 Å². The Morgan fingerprint density at radius 2 is 1.95 bits per heavy atom. The molecule has 5 rings (SSSR count). The van der Waals surface area contributed by atoms with Crippen LogP contribution in [0.5, 0.6) is 5.75 Å². The zero-order valence-corrected chi connectivity index (χ0v) is 22.0. The monoisotopic (exact) mass is 590 g/mol. The fourth-order valence-corrected chi connectivity index (χ4v) is 4.47. The standard InChI is InChI=1S/C27H19BrN4O7/c1-2-37-24(33)15-38-25-19(28)11-16(12-21(25)32(35)36)14-29-31-26(23-13-17-7-3-6-10-22(17)39-23)30-20-9-5-4-8-18(20)27(31)34/h3-14H,2,15H2,1H3. The second-order valence-corrected chi connectivity index (χ2v) is 9.02. The van der Waals surface area contributed by atoms with Gasteiger partial charge in [0, 0.05) is 17.0 Å². The molecule has 5 aromatic rings. The molecule has 0 atom stereocenters. The summed E-state index contributed by atoms with van der Waals surface area (Å²) in [7, 11) is 0. The Kier molecular flexibility index (Phi) is 7.19. The third-order valence-corrected chi connectivity index (χ3v) is 6.19. The molecule has 0 aliphatic heterocycles. The summed E-state index contributed by atoms with van der Waals surface area (Å²) in [5.74, 6) is -0.316. The van der Waals surface area contributed by atoms with Gasteiger partial charge in [-0.25, -0.2) is 9.78 Å². The first-order valence-electron chi connectivity index (χ1n) is 11.7. The highest BCUT2D eigenvalue weighted by atomic mass is 79.9. The molecule has 39 heavy (non-hydrogen) atoms. The largest absolute Gasteiger partial charge is 0.474 e. The number of fused-ring (bicyclic) bond motifs is 2. The van der Waals surface area contributed by atoms with Crippen molar-refractivity contribution in [2.75, 3.05) is 13.2 Å². The zero-order valence-electron chi connectivity index (χ0n) is 20.4. The molecule has 0 fully saturated rings. The fourth-order valence-electron chi connectivity index (χ4n) is 3.89. The van der Waals surface area contributed by atoms with Crippen LogP contribution in [0.1, 0.15) is 12.5 Å². The van der Waals surface area contributed by atoms with Crippen LogP contribution < -0.4 is 10.3 Å². The van der Waals surface area contributed by atoms with Crippen LogP contribution in [0.15, 0.2) is 85.5 Å². The molecule has 12 heteroatoms. The Balaban J connectivity index is 1.59. The minimum absolute atomic E-state index is 0.141. The minimum Gasteiger partial charge on any atom is -0.474 e. The Labute approximate surface area is 228 Å². The number of aromatic nitrogens is 2. The van der Waals surface area contributed by atoms with Crippen LogP contribution in [0.2, 0.25) is 0 Å². The van der Waals surface area contributed by atoms with E-state index in [1.165, 1.54) is 18.3 Å². The third-order valence-electron chi connectivity index (χ3n) is 5.60. The summed E-state index contributed by atoms with van der Waals surface area (Å²) in [5.41, 5.74) is 0.508. The maximum absolute atomic E-state index is 13.4. The highest BCUT2D eigenvalue weighted by Crippen LogP contribution is 2.36. The SMILES string of the molecule is CCOC(=O)COc1c(Br)cc(C=Nn2c(-c3cc4ccccc4o3)nc3ccccc3c2=O)cc1[N+](=O)[O-]. The van der Waals surface area contributed by atoms with E-state index in [0.29, 0.717) is 22.2 Å². The van der Waals surface area contributed by atoms with Crippen LogP contribution >= 0.6 is 15.9 Å². The maximum Gasteiger partial charge on any atom is 0.344 e. The molecule has 0 radical (unpaired) electrons. The lowest BCUT2D eigenvalue weighted by Gasteiger charge is -2.10. The number of nitrogens with zero attached hydrogens (tertiary/aromatic N) is 4. The van der Waals surface area contributed by atoms with E-state index in [1.54, 1.807) is 43.3 Å². The molecular formula is C27H19BrN4O7. The third kappa shape index (κ3) is 5.27. The van der Waals surface area contributed by atoms with Gasteiger partial charge in [-0.15, -0.1) is 0 Å². The van der Waals surface area contributed by atoms with Gasteiger partial charge < -0.3 is 13.9 Å². The van der Waals surface area contributed by atoms with Gasteiger partial charge in [-0.3, -0.25) is 14.9 Å². The average Bonchev–Trinajstić information content (AvgIpc) is 3.36. The second-order valence-electron chi connectivity index (χ2n) is 8.16. The first-order valence-corrected chi connectivity index (χ1v) is 12.5. The quantitative estimate of drug-likeness (QED) is 0.103. The molecule has 0 unspecified atom stereocenters. The molecule has 2 heterocycles. The van der Waals surface area contributed by atoms with Crippen molar-refractivity contribution < 1.29 is 23.6 Å². The van der Waals surface area contributed by atoms with Crippen LogP contribution in [0, 0.1) is 10.1 Å². The van der Waals surface area contributed by atoms with Crippen LogP contribution in [-0.4, -0.2) is 40.0 Å². The van der Waals surface area contributed by atoms with Crippen molar-refractivity contribution in [2.24, 2.45) is 5.10 Å². The van der Waals surface area contributed by atoms with Crippen molar-refractivity contribution in [3.63, 3.8) is 0 Å². The van der Waals surface area contributed by atoms with E-state index < -0.39 is 28.7 Å². The Hall–Kier alpha value is -4.84. The number of hydrogen-bond donors (Lipinski definition) is 0. The number of halogens is 1. The number of para-hydroxylation sites is 2. The summed E-state index contributed by atoms with van der Waals surface area (Å²) in [6, 6.07) is 18.7. The number of esters is 1. The molecule has 0 saturated carbocycles. The van der Waals surface area contributed by atoms with E-state index in [4.69, 9.17) is 13.9 Å². The number of benzene rings is 3. The summed E-state index contributed by atoms with van der Waals surface area (Å²) >= 11 is 3.26.